The second kappa shape index (κ2) is 6.35. The highest BCUT2D eigenvalue weighted by molar-refractivity contribution is 6.69. The van der Waals surface area contributed by atoms with Crippen LogP contribution in [0.4, 0.5) is 0 Å². The fraction of sp³-hybridized carbons (Fsp3) is 0.667. The van der Waals surface area contributed by atoms with Gasteiger partial charge in [0.2, 0.25) is 0 Å². The molecule has 0 aromatic carbocycles. The number of ketones is 2. The molecule has 0 amide bonds. The Morgan fingerprint density at radius 3 is 2.55 bits per heavy atom. The molecule has 4 rings (SSSR count). The van der Waals surface area contributed by atoms with Crippen molar-refractivity contribution in [2.45, 2.75) is 71.4 Å². The van der Waals surface area contributed by atoms with E-state index in [0.29, 0.717) is 12.3 Å². The maximum absolute atomic E-state index is 12.5. The summed E-state index contributed by atoms with van der Waals surface area (Å²) in [6.45, 7) is 12.4. The molecule has 0 saturated heterocycles. The molecule has 5 heteroatoms. The molecule has 0 aliphatic heterocycles. The Hall–Kier alpha value is -1.30. The lowest BCUT2D eigenvalue weighted by Gasteiger charge is -2.61. The largest absolute Gasteiger partial charge is 0.414 e. The predicted octanol–water partition coefficient (Wildman–Crippen LogP) is 4.22. The standard InChI is InChI=1S/C24H34O4Si/c1-15(25)24(27)12-10-19-18-8-7-16-13-17(26)9-11-22(16,2)21(18)20(14-23(19,24)3)28-29(4,5)6/h9-13,18-21,27H,7-8,14H2,1-6H3/t18-,19-,20?,21+,22-,23-,24-/m0/s1. The quantitative estimate of drug-likeness (QED) is 0.555. The molecule has 4 aliphatic rings. The summed E-state index contributed by atoms with van der Waals surface area (Å²) in [5, 5.41) is 11.4. The van der Waals surface area contributed by atoms with Crippen molar-refractivity contribution in [3.8, 4) is 0 Å². The van der Waals surface area contributed by atoms with Crippen molar-refractivity contribution in [3.05, 3.63) is 36.0 Å². The van der Waals surface area contributed by atoms with E-state index in [9.17, 15) is 14.7 Å². The van der Waals surface area contributed by atoms with Gasteiger partial charge in [0.05, 0.1) is 0 Å². The molecule has 0 heterocycles. The molecule has 0 spiro atoms. The van der Waals surface area contributed by atoms with Crippen LogP contribution in [0.25, 0.3) is 0 Å². The summed E-state index contributed by atoms with van der Waals surface area (Å²) in [6, 6.07) is 0. The van der Waals surface area contributed by atoms with Gasteiger partial charge in [0.25, 0.3) is 0 Å². The SMILES string of the molecule is CC(=O)[C@@]1(O)C=C[C@H]2[C@@H]3CCC4=CC(=O)C=C[C@]4(C)[C@H]3C(O[Si](C)(C)C)C[C@@]21C. The minimum absolute atomic E-state index is 0.0507. The van der Waals surface area contributed by atoms with E-state index in [1.807, 2.05) is 6.08 Å². The molecule has 1 N–H and O–H groups in total. The molecule has 4 aliphatic carbocycles. The Labute approximate surface area is 175 Å². The minimum Gasteiger partial charge on any atom is -0.414 e. The van der Waals surface area contributed by atoms with Gasteiger partial charge in [0.1, 0.15) is 5.60 Å². The number of hydrogen-bond donors (Lipinski definition) is 1. The molecule has 4 nitrogen and oxygen atoms in total. The third-order valence-corrected chi connectivity index (χ3v) is 9.19. The molecule has 7 atom stereocenters. The zero-order valence-corrected chi connectivity index (χ0v) is 19.5. The first-order chi connectivity index (χ1) is 13.3. The van der Waals surface area contributed by atoms with E-state index in [4.69, 9.17) is 4.43 Å². The van der Waals surface area contributed by atoms with Gasteiger partial charge in [-0.15, -0.1) is 0 Å². The summed E-state index contributed by atoms with van der Waals surface area (Å²) in [4.78, 5) is 24.6. The average Bonchev–Trinajstić information content (AvgIpc) is 2.86. The van der Waals surface area contributed by atoms with Gasteiger partial charge >= 0.3 is 0 Å². The predicted molar refractivity (Wildman–Crippen MR) is 116 cm³/mol. The van der Waals surface area contributed by atoms with Gasteiger partial charge < -0.3 is 9.53 Å². The number of hydrogen-bond acceptors (Lipinski definition) is 4. The van der Waals surface area contributed by atoms with E-state index in [2.05, 4.69) is 45.6 Å². The van der Waals surface area contributed by atoms with Gasteiger partial charge in [-0.3, -0.25) is 9.59 Å². The van der Waals surface area contributed by atoms with Crippen molar-refractivity contribution in [3.63, 3.8) is 0 Å². The summed E-state index contributed by atoms with van der Waals surface area (Å²) < 4.78 is 6.78. The van der Waals surface area contributed by atoms with E-state index in [0.717, 1.165) is 12.8 Å². The Morgan fingerprint density at radius 1 is 1.24 bits per heavy atom. The highest BCUT2D eigenvalue weighted by Gasteiger charge is 2.66. The van der Waals surface area contributed by atoms with Crippen LogP contribution in [0, 0.1) is 28.6 Å². The Kier molecular flexibility index (Phi) is 4.59. The van der Waals surface area contributed by atoms with Crippen LogP contribution in [0.1, 0.15) is 40.0 Å². The molecule has 2 fully saturated rings. The van der Waals surface area contributed by atoms with Crippen molar-refractivity contribution < 1.29 is 19.1 Å². The first-order valence-corrected chi connectivity index (χ1v) is 14.3. The number of carbonyl (C=O) groups excluding carboxylic acids is 2. The monoisotopic (exact) mass is 414 g/mol. The minimum atomic E-state index is -1.87. The third-order valence-electron chi connectivity index (χ3n) is 8.18. The third kappa shape index (κ3) is 2.92. The van der Waals surface area contributed by atoms with Crippen LogP contribution in [0.2, 0.25) is 19.6 Å². The maximum Gasteiger partial charge on any atom is 0.184 e. The number of carbonyl (C=O) groups is 2. The van der Waals surface area contributed by atoms with Crippen molar-refractivity contribution in [1.82, 2.24) is 0 Å². The van der Waals surface area contributed by atoms with Crippen molar-refractivity contribution in [2.75, 3.05) is 0 Å². The number of aliphatic hydroxyl groups is 1. The van der Waals surface area contributed by atoms with Gasteiger partial charge in [-0.05, 0) is 81.8 Å². The first-order valence-electron chi connectivity index (χ1n) is 10.9. The van der Waals surface area contributed by atoms with Gasteiger partial charge in [-0.25, -0.2) is 0 Å². The van der Waals surface area contributed by atoms with Crippen molar-refractivity contribution in [2.24, 2.45) is 28.6 Å². The zero-order valence-electron chi connectivity index (χ0n) is 18.5. The summed E-state index contributed by atoms with van der Waals surface area (Å²) in [5.74, 6) is 0.559. The highest BCUT2D eigenvalue weighted by Crippen LogP contribution is 2.65. The Bertz CT molecular complexity index is 849. The Balaban J connectivity index is 1.83. The molecule has 0 bridgehead atoms. The number of fused-ring (bicyclic) bond motifs is 5. The van der Waals surface area contributed by atoms with Crippen molar-refractivity contribution >= 4 is 19.9 Å². The van der Waals surface area contributed by atoms with Gasteiger partial charge in [-0.2, -0.15) is 0 Å². The number of rotatable bonds is 3. The Morgan fingerprint density at radius 2 is 1.93 bits per heavy atom. The molecular weight excluding hydrogens is 380 g/mol. The van der Waals surface area contributed by atoms with E-state index < -0.39 is 19.3 Å². The topological polar surface area (TPSA) is 63.6 Å². The highest BCUT2D eigenvalue weighted by atomic mass is 28.4. The second-order valence-electron chi connectivity index (χ2n) is 11.0. The summed E-state index contributed by atoms with van der Waals surface area (Å²) >= 11 is 0. The molecule has 0 aromatic heterocycles. The molecule has 158 valence electrons. The zero-order chi connectivity index (χ0) is 21.4. The summed E-state index contributed by atoms with van der Waals surface area (Å²) in [7, 11) is -1.87. The normalized spacial score (nSPS) is 46.0. The van der Waals surface area contributed by atoms with Crippen LogP contribution >= 0.6 is 0 Å². The first kappa shape index (κ1) is 20.9. The van der Waals surface area contributed by atoms with Crippen LogP contribution < -0.4 is 0 Å². The van der Waals surface area contributed by atoms with Gasteiger partial charge in [0, 0.05) is 16.9 Å². The van der Waals surface area contributed by atoms with Crippen LogP contribution in [-0.4, -0.2) is 36.7 Å². The van der Waals surface area contributed by atoms with Crippen LogP contribution in [0.5, 0.6) is 0 Å². The van der Waals surface area contributed by atoms with Gasteiger partial charge in [0.15, 0.2) is 19.9 Å². The molecule has 2 saturated carbocycles. The van der Waals surface area contributed by atoms with Crippen LogP contribution in [0.3, 0.4) is 0 Å². The van der Waals surface area contributed by atoms with Crippen molar-refractivity contribution in [1.29, 1.82) is 0 Å². The van der Waals surface area contributed by atoms with E-state index in [-0.39, 0.29) is 34.9 Å². The van der Waals surface area contributed by atoms with Crippen LogP contribution in [-0.2, 0) is 14.0 Å². The van der Waals surface area contributed by atoms with E-state index >= 15 is 0 Å². The van der Waals surface area contributed by atoms with Gasteiger partial charge in [-0.1, -0.05) is 31.6 Å². The lowest BCUT2D eigenvalue weighted by atomic mass is 9.46. The number of allylic oxidation sites excluding steroid dienone is 5. The molecule has 0 aromatic rings. The molecular formula is C24H34O4Si. The maximum atomic E-state index is 12.5. The van der Waals surface area contributed by atoms with Crippen LogP contribution in [0.15, 0.2) is 36.0 Å². The molecule has 0 radical (unpaired) electrons. The number of Topliss-reactive ketones (excluding diaryl/α,β-unsaturated/α-hetero) is 1. The summed E-state index contributed by atoms with van der Waals surface area (Å²) in [5.41, 5.74) is -0.995. The smallest absolute Gasteiger partial charge is 0.184 e. The molecule has 1 unspecified atom stereocenters. The summed E-state index contributed by atoms with van der Waals surface area (Å²) in [6.07, 6.45) is 11.9. The fourth-order valence-corrected chi connectivity index (χ4v) is 7.99. The van der Waals surface area contributed by atoms with E-state index in [1.54, 1.807) is 12.2 Å². The second-order valence-corrected chi connectivity index (χ2v) is 15.5. The van der Waals surface area contributed by atoms with E-state index in [1.165, 1.54) is 12.5 Å². The lowest BCUT2D eigenvalue weighted by molar-refractivity contribution is -0.166. The molecule has 29 heavy (non-hydrogen) atoms. The fourth-order valence-electron chi connectivity index (χ4n) is 6.86. The lowest BCUT2D eigenvalue weighted by Crippen LogP contribution is -2.62. The average molecular weight is 415 g/mol.